The summed E-state index contributed by atoms with van der Waals surface area (Å²) in [6, 6.07) is 0. The molecule has 1 fully saturated rings. The van der Waals surface area contributed by atoms with Crippen molar-refractivity contribution in [2.24, 2.45) is 5.92 Å². The van der Waals surface area contributed by atoms with Crippen LogP contribution in [0.15, 0.2) is 0 Å². The van der Waals surface area contributed by atoms with Gasteiger partial charge >= 0.3 is 0 Å². The Morgan fingerprint density at radius 2 is 2.50 bits per heavy atom. The topological polar surface area (TPSA) is 32.3 Å². The molecule has 2 atom stereocenters. The minimum Gasteiger partial charge on any atom is -0.393 e. The van der Waals surface area contributed by atoms with Gasteiger partial charge in [0, 0.05) is 6.54 Å². The lowest BCUT2D eigenvalue weighted by Crippen LogP contribution is -2.19. The second kappa shape index (κ2) is 2.46. The summed E-state index contributed by atoms with van der Waals surface area (Å²) in [6.45, 7) is 3.94. The monoisotopic (exact) mass is 115 g/mol. The molecule has 8 heavy (non-hydrogen) atoms. The number of hydrogen-bond donors (Lipinski definition) is 2. The van der Waals surface area contributed by atoms with Crippen LogP contribution in [0.25, 0.3) is 0 Å². The van der Waals surface area contributed by atoms with Crippen LogP contribution in [0.4, 0.5) is 0 Å². The van der Waals surface area contributed by atoms with Crippen LogP contribution < -0.4 is 5.32 Å². The number of nitrogens with one attached hydrogen (secondary N) is 1. The second-order valence-electron chi connectivity index (χ2n) is 2.49. The molecule has 0 bridgehead atoms. The molecule has 1 aliphatic rings. The summed E-state index contributed by atoms with van der Waals surface area (Å²) in [7, 11) is 0. The lowest BCUT2D eigenvalue weighted by molar-refractivity contribution is 0.136. The first-order valence-electron chi connectivity index (χ1n) is 3.19. The molecule has 2 heteroatoms. The molecule has 1 rings (SSSR count). The van der Waals surface area contributed by atoms with Crippen LogP contribution >= 0.6 is 0 Å². The first-order valence-corrected chi connectivity index (χ1v) is 3.19. The highest BCUT2D eigenvalue weighted by Gasteiger charge is 2.18. The van der Waals surface area contributed by atoms with E-state index < -0.39 is 0 Å². The fourth-order valence-electron chi connectivity index (χ4n) is 1.09. The molecular formula is C6H13NO. The minimum atomic E-state index is -0.120. The fourth-order valence-corrected chi connectivity index (χ4v) is 1.09. The van der Waals surface area contributed by atoms with Gasteiger partial charge in [-0.05, 0) is 25.8 Å². The molecule has 1 aliphatic heterocycles. The van der Waals surface area contributed by atoms with Gasteiger partial charge in [0.2, 0.25) is 0 Å². The Morgan fingerprint density at radius 1 is 1.75 bits per heavy atom. The van der Waals surface area contributed by atoms with Crippen molar-refractivity contribution in [1.82, 2.24) is 5.32 Å². The summed E-state index contributed by atoms with van der Waals surface area (Å²) in [6.07, 6.45) is 1.02. The van der Waals surface area contributed by atoms with Crippen molar-refractivity contribution >= 4 is 0 Å². The van der Waals surface area contributed by atoms with Crippen LogP contribution in [0.3, 0.4) is 0 Å². The summed E-state index contributed by atoms with van der Waals surface area (Å²) in [4.78, 5) is 0. The number of hydrogen-bond acceptors (Lipinski definition) is 2. The Balaban J connectivity index is 2.24. The van der Waals surface area contributed by atoms with Gasteiger partial charge in [-0.25, -0.2) is 0 Å². The zero-order chi connectivity index (χ0) is 5.98. The van der Waals surface area contributed by atoms with Crippen LogP contribution in [0.5, 0.6) is 0 Å². The summed E-state index contributed by atoms with van der Waals surface area (Å²) in [5.74, 6) is 0.509. The van der Waals surface area contributed by atoms with Crippen LogP contribution in [-0.2, 0) is 0 Å². The van der Waals surface area contributed by atoms with Gasteiger partial charge in [-0.3, -0.25) is 0 Å². The normalized spacial score (nSPS) is 33.0. The summed E-state index contributed by atoms with van der Waals surface area (Å²) in [5.41, 5.74) is 0. The molecule has 0 spiro atoms. The van der Waals surface area contributed by atoms with Gasteiger partial charge < -0.3 is 10.4 Å². The van der Waals surface area contributed by atoms with Gasteiger partial charge in [-0.2, -0.15) is 0 Å². The lowest BCUT2D eigenvalue weighted by Gasteiger charge is -2.09. The van der Waals surface area contributed by atoms with E-state index in [1.807, 2.05) is 6.92 Å². The maximum Gasteiger partial charge on any atom is 0.0552 e. The predicted molar refractivity (Wildman–Crippen MR) is 32.7 cm³/mol. The number of aliphatic hydroxyl groups is 1. The highest BCUT2D eigenvalue weighted by Crippen LogP contribution is 2.10. The van der Waals surface area contributed by atoms with Gasteiger partial charge in [0.1, 0.15) is 0 Å². The van der Waals surface area contributed by atoms with Crippen molar-refractivity contribution in [2.45, 2.75) is 19.4 Å². The Bertz CT molecular complexity index is 66.9. The average Bonchev–Trinajstić information content (AvgIpc) is 2.12. The first kappa shape index (κ1) is 6.05. The molecule has 1 saturated heterocycles. The van der Waals surface area contributed by atoms with Crippen molar-refractivity contribution in [1.29, 1.82) is 0 Å². The van der Waals surface area contributed by atoms with E-state index in [0.29, 0.717) is 5.92 Å². The van der Waals surface area contributed by atoms with E-state index in [9.17, 15) is 0 Å². The van der Waals surface area contributed by atoms with Gasteiger partial charge in [-0.15, -0.1) is 0 Å². The predicted octanol–water partition coefficient (Wildman–Crippen LogP) is -0.0233. The lowest BCUT2D eigenvalue weighted by atomic mass is 10.0. The van der Waals surface area contributed by atoms with Crippen LogP contribution in [-0.4, -0.2) is 24.3 Å². The van der Waals surface area contributed by atoms with Gasteiger partial charge in [0.05, 0.1) is 6.10 Å². The standard InChI is InChI=1S/C6H13NO/c1-5(8)6-2-3-7-4-6/h5-8H,2-4H2,1H3/t5?,6-/m0/s1. The molecule has 1 heterocycles. The molecule has 0 saturated carbocycles. The molecule has 0 aromatic heterocycles. The molecule has 2 N–H and O–H groups in total. The van der Waals surface area contributed by atoms with Gasteiger partial charge in [0.25, 0.3) is 0 Å². The van der Waals surface area contributed by atoms with E-state index in [-0.39, 0.29) is 6.10 Å². The molecule has 1 unspecified atom stereocenters. The van der Waals surface area contributed by atoms with Crippen molar-refractivity contribution in [3.8, 4) is 0 Å². The quantitative estimate of drug-likeness (QED) is 0.503. The molecule has 0 aromatic rings. The average molecular weight is 115 g/mol. The SMILES string of the molecule is CC(O)[C@H]1CCNC1. The molecular weight excluding hydrogens is 102 g/mol. The Hall–Kier alpha value is -0.0800. The van der Waals surface area contributed by atoms with Crippen LogP contribution in [0.1, 0.15) is 13.3 Å². The van der Waals surface area contributed by atoms with Gasteiger partial charge in [0.15, 0.2) is 0 Å². The maximum atomic E-state index is 9.01. The van der Waals surface area contributed by atoms with E-state index in [2.05, 4.69) is 5.32 Å². The van der Waals surface area contributed by atoms with Crippen molar-refractivity contribution in [3.63, 3.8) is 0 Å². The Kier molecular flexibility index (Phi) is 1.86. The minimum absolute atomic E-state index is 0.120. The highest BCUT2D eigenvalue weighted by atomic mass is 16.3. The molecule has 0 amide bonds. The zero-order valence-corrected chi connectivity index (χ0v) is 5.22. The molecule has 0 aliphatic carbocycles. The van der Waals surface area contributed by atoms with Crippen LogP contribution in [0.2, 0.25) is 0 Å². The van der Waals surface area contributed by atoms with Gasteiger partial charge in [-0.1, -0.05) is 0 Å². The van der Waals surface area contributed by atoms with Crippen molar-refractivity contribution in [3.05, 3.63) is 0 Å². The molecule has 0 radical (unpaired) electrons. The highest BCUT2D eigenvalue weighted by molar-refractivity contribution is 4.74. The number of rotatable bonds is 1. The summed E-state index contributed by atoms with van der Waals surface area (Å²) >= 11 is 0. The summed E-state index contributed by atoms with van der Waals surface area (Å²) in [5, 5.41) is 12.2. The van der Waals surface area contributed by atoms with E-state index in [1.54, 1.807) is 0 Å². The zero-order valence-electron chi connectivity index (χ0n) is 5.22. The van der Waals surface area contributed by atoms with E-state index in [0.717, 1.165) is 19.5 Å². The van der Waals surface area contributed by atoms with E-state index in [4.69, 9.17) is 5.11 Å². The summed E-state index contributed by atoms with van der Waals surface area (Å²) < 4.78 is 0. The third-order valence-corrected chi connectivity index (χ3v) is 1.78. The van der Waals surface area contributed by atoms with E-state index in [1.165, 1.54) is 0 Å². The smallest absolute Gasteiger partial charge is 0.0552 e. The fraction of sp³-hybridized carbons (Fsp3) is 1.00. The Morgan fingerprint density at radius 3 is 2.75 bits per heavy atom. The van der Waals surface area contributed by atoms with E-state index >= 15 is 0 Å². The van der Waals surface area contributed by atoms with Crippen molar-refractivity contribution in [2.75, 3.05) is 13.1 Å². The number of aliphatic hydroxyl groups excluding tert-OH is 1. The molecule has 0 aromatic carbocycles. The van der Waals surface area contributed by atoms with Crippen molar-refractivity contribution < 1.29 is 5.11 Å². The third-order valence-electron chi connectivity index (χ3n) is 1.78. The molecule has 2 nitrogen and oxygen atoms in total. The molecule has 48 valence electrons. The second-order valence-corrected chi connectivity index (χ2v) is 2.49. The maximum absolute atomic E-state index is 9.01. The Labute approximate surface area is 49.9 Å². The largest absolute Gasteiger partial charge is 0.393 e. The third kappa shape index (κ3) is 1.20. The van der Waals surface area contributed by atoms with Crippen LogP contribution in [0, 0.1) is 5.92 Å². The first-order chi connectivity index (χ1) is 3.80.